The standard InChI is InChI=1S/C18H15NO3/c1-19(13-10-6-7-11-14(13)22-2)16-15(17(20)18(16)21)12-8-4-3-5-9-12/h3-11H,1-2H3. The Kier molecular flexibility index (Phi) is 3.51. The molecule has 0 fully saturated rings. The van der Waals surface area contributed by atoms with Crippen molar-refractivity contribution in [3.05, 3.63) is 75.0 Å². The fraction of sp³-hybridized carbons (Fsp3) is 0.111. The molecule has 0 aromatic heterocycles. The van der Waals surface area contributed by atoms with E-state index in [0.717, 1.165) is 11.3 Å². The lowest BCUT2D eigenvalue weighted by Crippen LogP contribution is -2.38. The van der Waals surface area contributed by atoms with Crippen LogP contribution in [0.4, 0.5) is 11.4 Å². The van der Waals surface area contributed by atoms with Crippen molar-refractivity contribution in [2.24, 2.45) is 0 Å². The van der Waals surface area contributed by atoms with Crippen LogP contribution in [-0.2, 0) is 0 Å². The largest absolute Gasteiger partial charge is 0.495 e. The van der Waals surface area contributed by atoms with Crippen LogP contribution in [0.1, 0.15) is 0 Å². The second-order valence-corrected chi connectivity index (χ2v) is 4.98. The van der Waals surface area contributed by atoms with E-state index in [4.69, 9.17) is 4.74 Å². The Bertz CT molecular complexity index is 877. The van der Waals surface area contributed by atoms with Gasteiger partial charge in [-0.05, 0) is 17.7 Å². The SMILES string of the molecule is COc1ccccc1N(C)c1c(-c2ccccc2)c(=O)c1=O. The van der Waals surface area contributed by atoms with Gasteiger partial charge in [-0.2, -0.15) is 0 Å². The number of benzene rings is 2. The first-order valence-electron chi connectivity index (χ1n) is 6.90. The van der Waals surface area contributed by atoms with Crippen LogP contribution in [0, 0.1) is 0 Å². The van der Waals surface area contributed by atoms with E-state index in [1.54, 1.807) is 19.1 Å². The molecule has 3 aromatic rings. The first-order chi connectivity index (χ1) is 10.6. The van der Waals surface area contributed by atoms with Crippen molar-refractivity contribution in [3.63, 3.8) is 0 Å². The Morgan fingerprint density at radius 3 is 2.18 bits per heavy atom. The molecule has 3 aromatic carbocycles. The minimum Gasteiger partial charge on any atom is -0.495 e. The van der Waals surface area contributed by atoms with Gasteiger partial charge in [0.2, 0.25) is 5.43 Å². The molecule has 0 unspecified atom stereocenters. The number of anilines is 2. The molecular weight excluding hydrogens is 278 g/mol. The summed E-state index contributed by atoms with van der Waals surface area (Å²) in [6.45, 7) is 0. The Labute approximate surface area is 127 Å². The lowest BCUT2D eigenvalue weighted by molar-refractivity contribution is 0.415. The molecule has 0 spiro atoms. The summed E-state index contributed by atoms with van der Waals surface area (Å²) in [5.41, 5.74) is 1.45. The second-order valence-electron chi connectivity index (χ2n) is 4.98. The van der Waals surface area contributed by atoms with Crippen molar-refractivity contribution in [1.29, 1.82) is 0 Å². The van der Waals surface area contributed by atoms with E-state index in [0.29, 0.717) is 17.0 Å². The Balaban J connectivity index is 2.12. The van der Waals surface area contributed by atoms with Crippen LogP contribution in [-0.4, -0.2) is 14.2 Å². The van der Waals surface area contributed by atoms with Crippen LogP contribution < -0.4 is 20.5 Å². The molecule has 0 saturated carbocycles. The third-order valence-corrected chi connectivity index (χ3v) is 3.73. The minimum atomic E-state index is -0.466. The predicted octanol–water partition coefficient (Wildman–Crippen LogP) is 2.73. The molecule has 0 aliphatic rings. The molecular formula is C18H15NO3. The van der Waals surface area contributed by atoms with Gasteiger partial charge in [0, 0.05) is 7.05 Å². The molecule has 22 heavy (non-hydrogen) atoms. The van der Waals surface area contributed by atoms with Crippen LogP contribution in [0.3, 0.4) is 0 Å². The van der Waals surface area contributed by atoms with Gasteiger partial charge >= 0.3 is 0 Å². The molecule has 3 rings (SSSR count). The summed E-state index contributed by atoms with van der Waals surface area (Å²) in [6, 6.07) is 16.6. The lowest BCUT2D eigenvalue weighted by Gasteiger charge is -2.24. The highest BCUT2D eigenvalue weighted by atomic mass is 16.5. The number of hydrogen-bond acceptors (Lipinski definition) is 4. The van der Waals surface area contributed by atoms with Gasteiger partial charge in [-0.3, -0.25) is 9.59 Å². The first kappa shape index (κ1) is 14.1. The van der Waals surface area contributed by atoms with Gasteiger partial charge in [0.1, 0.15) is 11.4 Å². The van der Waals surface area contributed by atoms with E-state index in [1.165, 1.54) is 0 Å². The van der Waals surface area contributed by atoms with Gasteiger partial charge in [-0.1, -0.05) is 42.5 Å². The normalized spacial score (nSPS) is 10.6. The summed E-state index contributed by atoms with van der Waals surface area (Å²) in [7, 11) is 3.34. The van der Waals surface area contributed by atoms with Crippen molar-refractivity contribution in [2.45, 2.75) is 0 Å². The number of methoxy groups -OCH3 is 1. The number of para-hydroxylation sites is 2. The average Bonchev–Trinajstić information content (AvgIpc) is 2.58. The molecule has 0 radical (unpaired) electrons. The fourth-order valence-corrected chi connectivity index (χ4v) is 2.60. The van der Waals surface area contributed by atoms with Crippen molar-refractivity contribution in [2.75, 3.05) is 19.1 Å². The molecule has 0 N–H and O–H groups in total. The summed E-state index contributed by atoms with van der Waals surface area (Å²) >= 11 is 0. The smallest absolute Gasteiger partial charge is 0.250 e. The molecule has 0 heterocycles. The highest BCUT2D eigenvalue weighted by Gasteiger charge is 2.26. The van der Waals surface area contributed by atoms with E-state index in [2.05, 4.69) is 0 Å². The molecule has 0 aliphatic heterocycles. The van der Waals surface area contributed by atoms with Crippen molar-refractivity contribution >= 4 is 11.4 Å². The molecule has 0 saturated heterocycles. The first-order valence-corrected chi connectivity index (χ1v) is 6.90. The van der Waals surface area contributed by atoms with Crippen LogP contribution in [0.2, 0.25) is 0 Å². The Morgan fingerprint density at radius 1 is 0.864 bits per heavy atom. The summed E-state index contributed by atoms with van der Waals surface area (Å²) in [5, 5.41) is 0. The van der Waals surface area contributed by atoms with Gasteiger partial charge in [-0.15, -0.1) is 0 Å². The molecule has 0 amide bonds. The number of hydrogen-bond donors (Lipinski definition) is 0. The monoisotopic (exact) mass is 293 g/mol. The number of ether oxygens (including phenoxy) is 1. The zero-order valence-corrected chi connectivity index (χ0v) is 12.4. The number of nitrogens with zero attached hydrogens (tertiary/aromatic N) is 1. The third kappa shape index (κ3) is 2.09. The van der Waals surface area contributed by atoms with Crippen LogP contribution in [0.25, 0.3) is 11.1 Å². The quantitative estimate of drug-likeness (QED) is 0.694. The maximum Gasteiger partial charge on any atom is 0.250 e. The summed E-state index contributed by atoms with van der Waals surface area (Å²) < 4.78 is 5.33. The van der Waals surface area contributed by atoms with E-state index in [-0.39, 0.29) is 0 Å². The molecule has 4 heteroatoms. The maximum absolute atomic E-state index is 12.1. The number of rotatable bonds is 4. The van der Waals surface area contributed by atoms with Crippen molar-refractivity contribution in [1.82, 2.24) is 0 Å². The van der Waals surface area contributed by atoms with Gasteiger partial charge in [0.05, 0.1) is 18.4 Å². The van der Waals surface area contributed by atoms with E-state index < -0.39 is 10.9 Å². The molecule has 110 valence electrons. The van der Waals surface area contributed by atoms with Gasteiger partial charge in [0.25, 0.3) is 5.43 Å². The minimum absolute atomic E-state index is 0.403. The van der Waals surface area contributed by atoms with E-state index >= 15 is 0 Å². The van der Waals surface area contributed by atoms with E-state index in [1.807, 2.05) is 54.6 Å². The van der Waals surface area contributed by atoms with Crippen LogP contribution >= 0.6 is 0 Å². The highest BCUT2D eigenvalue weighted by molar-refractivity contribution is 5.86. The molecule has 0 aliphatic carbocycles. The zero-order chi connectivity index (χ0) is 15.7. The van der Waals surface area contributed by atoms with Crippen molar-refractivity contribution in [3.8, 4) is 16.9 Å². The third-order valence-electron chi connectivity index (χ3n) is 3.73. The molecule has 0 atom stereocenters. The van der Waals surface area contributed by atoms with Crippen LogP contribution in [0.15, 0.2) is 64.2 Å². The lowest BCUT2D eigenvalue weighted by atomic mass is 9.97. The van der Waals surface area contributed by atoms with Gasteiger partial charge in [-0.25, -0.2) is 0 Å². The summed E-state index contributed by atoms with van der Waals surface area (Å²) in [5.74, 6) is 0.650. The topological polar surface area (TPSA) is 46.6 Å². The van der Waals surface area contributed by atoms with Gasteiger partial charge < -0.3 is 9.64 Å². The predicted molar refractivity (Wildman–Crippen MR) is 87.8 cm³/mol. The average molecular weight is 293 g/mol. The van der Waals surface area contributed by atoms with Crippen molar-refractivity contribution < 1.29 is 4.74 Å². The molecule has 4 nitrogen and oxygen atoms in total. The molecule has 0 bridgehead atoms. The zero-order valence-electron chi connectivity index (χ0n) is 12.4. The fourth-order valence-electron chi connectivity index (χ4n) is 2.60. The Morgan fingerprint density at radius 2 is 1.50 bits per heavy atom. The second kappa shape index (κ2) is 5.48. The van der Waals surface area contributed by atoms with E-state index in [9.17, 15) is 9.59 Å². The maximum atomic E-state index is 12.1. The van der Waals surface area contributed by atoms with Crippen LogP contribution in [0.5, 0.6) is 5.75 Å². The Hall–Kier alpha value is -2.88. The van der Waals surface area contributed by atoms with Gasteiger partial charge in [0.15, 0.2) is 0 Å². The highest BCUT2D eigenvalue weighted by Crippen LogP contribution is 2.35. The summed E-state index contributed by atoms with van der Waals surface area (Å²) in [6.07, 6.45) is 0. The summed E-state index contributed by atoms with van der Waals surface area (Å²) in [4.78, 5) is 25.8.